The lowest BCUT2D eigenvalue weighted by atomic mass is 10.1. The molecule has 0 aliphatic heterocycles. The van der Waals surface area contributed by atoms with Crippen LogP contribution >= 0.6 is 15.9 Å². The molecule has 84 valence electrons. The minimum absolute atomic E-state index is 0.131. The first kappa shape index (κ1) is 12.3. The van der Waals surface area contributed by atoms with Crippen molar-refractivity contribution in [2.45, 2.75) is 19.9 Å². The molecule has 0 bridgehead atoms. The van der Waals surface area contributed by atoms with Crippen LogP contribution in [0.4, 0.5) is 11.5 Å². The number of hydrogen-bond donors (Lipinski definition) is 3. The van der Waals surface area contributed by atoms with E-state index in [0.29, 0.717) is 11.5 Å². The summed E-state index contributed by atoms with van der Waals surface area (Å²) in [7, 11) is 0. The molecular weight excluding hydrogens is 258 g/mol. The Hall–Kier alpha value is -0.810. The van der Waals surface area contributed by atoms with Gasteiger partial charge in [-0.25, -0.2) is 4.98 Å². The van der Waals surface area contributed by atoms with Crippen molar-refractivity contribution in [3.05, 3.63) is 16.7 Å². The maximum atomic E-state index is 9.00. The van der Waals surface area contributed by atoms with Gasteiger partial charge >= 0.3 is 0 Å². The molecule has 1 heterocycles. The molecule has 2 unspecified atom stereocenters. The second kappa shape index (κ2) is 5.32. The van der Waals surface area contributed by atoms with Crippen molar-refractivity contribution < 1.29 is 5.11 Å². The van der Waals surface area contributed by atoms with Gasteiger partial charge in [-0.05, 0) is 34.8 Å². The summed E-state index contributed by atoms with van der Waals surface area (Å²) in [5.41, 5.74) is 6.39. The molecule has 5 heteroatoms. The molecule has 0 aliphatic rings. The van der Waals surface area contributed by atoms with E-state index in [1.807, 2.05) is 13.8 Å². The standard InChI is InChI=1S/C10H16BrN3O/c1-6(5-15)7(2)14-10-9(12)3-8(11)4-13-10/h3-4,6-7,15H,5,12H2,1-2H3,(H,13,14). The van der Waals surface area contributed by atoms with Crippen LogP contribution in [0.2, 0.25) is 0 Å². The highest BCUT2D eigenvalue weighted by molar-refractivity contribution is 9.10. The van der Waals surface area contributed by atoms with Crippen molar-refractivity contribution >= 4 is 27.4 Å². The fourth-order valence-electron chi connectivity index (χ4n) is 1.09. The van der Waals surface area contributed by atoms with Crippen molar-refractivity contribution in [3.63, 3.8) is 0 Å². The van der Waals surface area contributed by atoms with E-state index in [9.17, 15) is 0 Å². The van der Waals surface area contributed by atoms with Gasteiger partial charge in [0.2, 0.25) is 0 Å². The Morgan fingerprint density at radius 2 is 2.27 bits per heavy atom. The van der Waals surface area contributed by atoms with E-state index < -0.39 is 0 Å². The largest absolute Gasteiger partial charge is 0.396 e. The van der Waals surface area contributed by atoms with Crippen LogP contribution in [0, 0.1) is 5.92 Å². The first-order valence-corrected chi connectivity index (χ1v) is 5.62. The maximum absolute atomic E-state index is 9.00. The molecule has 15 heavy (non-hydrogen) atoms. The van der Waals surface area contributed by atoms with Crippen LogP contribution < -0.4 is 11.1 Å². The number of rotatable bonds is 4. The van der Waals surface area contributed by atoms with Gasteiger partial charge < -0.3 is 16.2 Å². The second-order valence-electron chi connectivity index (χ2n) is 3.68. The minimum Gasteiger partial charge on any atom is -0.396 e. The molecule has 4 N–H and O–H groups in total. The highest BCUT2D eigenvalue weighted by Gasteiger charge is 2.12. The summed E-state index contributed by atoms with van der Waals surface area (Å²) < 4.78 is 0.855. The number of aromatic nitrogens is 1. The van der Waals surface area contributed by atoms with Crippen molar-refractivity contribution in [1.29, 1.82) is 0 Å². The van der Waals surface area contributed by atoms with Crippen molar-refractivity contribution in [2.24, 2.45) is 5.92 Å². The molecule has 0 aliphatic carbocycles. The highest BCUT2D eigenvalue weighted by Crippen LogP contribution is 2.21. The molecule has 0 saturated carbocycles. The van der Waals surface area contributed by atoms with Gasteiger partial charge in [0, 0.05) is 23.3 Å². The van der Waals surface area contributed by atoms with Crippen LogP contribution in [0.1, 0.15) is 13.8 Å². The predicted octanol–water partition coefficient (Wildman–Crippen LogP) is 1.86. The van der Waals surface area contributed by atoms with Gasteiger partial charge in [0.05, 0.1) is 5.69 Å². The lowest BCUT2D eigenvalue weighted by molar-refractivity contribution is 0.226. The van der Waals surface area contributed by atoms with Crippen molar-refractivity contribution in [3.8, 4) is 0 Å². The normalized spacial score (nSPS) is 14.7. The zero-order valence-corrected chi connectivity index (χ0v) is 10.5. The molecule has 2 atom stereocenters. The molecule has 1 aromatic rings. The average molecular weight is 274 g/mol. The summed E-state index contributed by atoms with van der Waals surface area (Å²) in [6.45, 7) is 4.10. The third kappa shape index (κ3) is 3.35. The molecular formula is C10H16BrN3O. The van der Waals surface area contributed by atoms with Crippen LogP contribution in [0.25, 0.3) is 0 Å². The lowest BCUT2D eigenvalue weighted by Crippen LogP contribution is -2.27. The predicted molar refractivity (Wildman–Crippen MR) is 65.7 cm³/mol. The SMILES string of the molecule is CC(CO)C(C)Nc1ncc(Br)cc1N. The van der Waals surface area contributed by atoms with Gasteiger partial charge in [0.25, 0.3) is 0 Å². The summed E-state index contributed by atoms with van der Waals surface area (Å²) in [5.74, 6) is 0.820. The number of pyridine rings is 1. The number of hydrogen-bond acceptors (Lipinski definition) is 4. The molecule has 0 amide bonds. The number of aliphatic hydroxyl groups is 1. The topological polar surface area (TPSA) is 71.2 Å². The minimum atomic E-state index is 0.131. The van der Waals surface area contributed by atoms with E-state index in [0.717, 1.165) is 4.47 Å². The van der Waals surface area contributed by atoms with Gasteiger partial charge in [-0.3, -0.25) is 0 Å². The number of halogens is 1. The Labute approximate surface area is 98.0 Å². The zero-order valence-electron chi connectivity index (χ0n) is 8.87. The van der Waals surface area contributed by atoms with Crippen LogP contribution in [0.5, 0.6) is 0 Å². The summed E-state index contributed by atoms with van der Waals surface area (Å²) in [6.07, 6.45) is 1.69. The van der Waals surface area contributed by atoms with Gasteiger partial charge in [-0.1, -0.05) is 6.92 Å². The molecule has 1 rings (SSSR count). The zero-order chi connectivity index (χ0) is 11.4. The highest BCUT2D eigenvalue weighted by atomic mass is 79.9. The number of anilines is 2. The van der Waals surface area contributed by atoms with Gasteiger partial charge in [0.1, 0.15) is 5.82 Å². The fourth-order valence-corrected chi connectivity index (χ4v) is 1.44. The van der Waals surface area contributed by atoms with E-state index in [4.69, 9.17) is 10.8 Å². The molecule has 0 fully saturated rings. The Balaban J connectivity index is 2.72. The lowest BCUT2D eigenvalue weighted by Gasteiger charge is -2.20. The van der Waals surface area contributed by atoms with Crippen molar-refractivity contribution in [1.82, 2.24) is 4.98 Å². The number of aliphatic hydroxyl groups excluding tert-OH is 1. The Morgan fingerprint density at radius 1 is 1.60 bits per heavy atom. The smallest absolute Gasteiger partial charge is 0.149 e. The number of nitrogens with zero attached hydrogens (tertiary/aromatic N) is 1. The molecule has 1 aromatic heterocycles. The monoisotopic (exact) mass is 273 g/mol. The Kier molecular flexibility index (Phi) is 4.35. The maximum Gasteiger partial charge on any atom is 0.149 e. The second-order valence-corrected chi connectivity index (χ2v) is 4.60. The van der Waals surface area contributed by atoms with E-state index in [1.165, 1.54) is 0 Å². The van der Waals surface area contributed by atoms with Crippen LogP contribution in [-0.2, 0) is 0 Å². The molecule has 0 saturated heterocycles. The van der Waals surface area contributed by atoms with Gasteiger partial charge in [-0.15, -0.1) is 0 Å². The Bertz CT molecular complexity index is 332. The number of nitrogen functional groups attached to an aromatic ring is 1. The number of nitrogens with one attached hydrogen (secondary N) is 1. The van der Waals surface area contributed by atoms with Gasteiger partial charge in [0.15, 0.2) is 0 Å². The van der Waals surface area contributed by atoms with Crippen molar-refractivity contribution in [2.75, 3.05) is 17.7 Å². The third-order valence-corrected chi connectivity index (χ3v) is 2.82. The fraction of sp³-hybridized carbons (Fsp3) is 0.500. The van der Waals surface area contributed by atoms with E-state index in [1.54, 1.807) is 12.3 Å². The van der Waals surface area contributed by atoms with E-state index in [2.05, 4.69) is 26.2 Å². The summed E-state index contributed by atoms with van der Waals surface area (Å²) >= 11 is 3.29. The van der Waals surface area contributed by atoms with Crippen LogP contribution in [0.15, 0.2) is 16.7 Å². The summed E-state index contributed by atoms with van der Waals surface area (Å²) in [4.78, 5) is 4.17. The first-order valence-electron chi connectivity index (χ1n) is 4.83. The summed E-state index contributed by atoms with van der Waals surface area (Å²) in [5, 5.41) is 12.2. The average Bonchev–Trinajstić information content (AvgIpc) is 2.20. The van der Waals surface area contributed by atoms with Gasteiger partial charge in [-0.2, -0.15) is 0 Å². The summed E-state index contributed by atoms with van der Waals surface area (Å²) in [6, 6.07) is 1.93. The van der Waals surface area contributed by atoms with E-state index in [-0.39, 0.29) is 18.6 Å². The molecule has 4 nitrogen and oxygen atoms in total. The molecule has 0 aromatic carbocycles. The Morgan fingerprint density at radius 3 is 2.80 bits per heavy atom. The molecule has 0 radical (unpaired) electrons. The quantitative estimate of drug-likeness (QED) is 0.783. The first-order chi connectivity index (χ1) is 7.04. The molecule has 0 spiro atoms. The van der Waals surface area contributed by atoms with Crippen LogP contribution in [-0.4, -0.2) is 22.7 Å². The van der Waals surface area contributed by atoms with Crippen LogP contribution in [0.3, 0.4) is 0 Å². The van der Waals surface area contributed by atoms with E-state index >= 15 is 0 Å². The number of nitrogens with two attached hydrogens (primary N) is 1. The third-order valence-electron chi connectivity index (χ3n) is 2.39.